The van der Waals surface area contributed by atoms with Gasteiger partial charge in [0.1, 0.15) is 6.10 Å². The maximum Gasteiger partial charge on any atom is 0.226 e. The lowest BCUT2D eigenvalue weighted by atomic mass is 10.2. The molecule has 1 aromatic rings. The highest BCUT2D eigenvalue weighted by molar-refractivity contribution is 4.90. The van der Waals surface area contributed by atoms with Gasteiger partial charge >= 0.3 is 0 Å². The van der Waals surface area contributed by atoms with Crippen molar-refractivity contribution in [1.29, 1.82) is 0 Å². The van der Waals surface area contributed by atoms with E-state index in [0.29, 0.717) is 18.1 Å². The highest BCUT2D eigenvalue weighted by Crippen LogP contribution is 2.12. The van der Waals surface area contributed by atoms with Crippen LogP contribution < -0.4 is 0 Å². The standard InChI is InChI=1S/C9H16N2O2/c1-3-5-6-8-10-9(11-13-8)7(12)4-2/h7,12H,3-6H2,1-2H3. The van der Waals surface area contributed by atoms with Gasteiger partial charge in [-0.05, 0) is 12.8 Å². The van der Waals surface area contributed by atoms with E-state index in [1.807, 2.05) is 6.92 Å². The van der Waals surface area contributed by atoms with Crippen molar-refractivity contribution in [2.24, 2.45) is 0 Å². The van der Waals surface area contributed by atoms with E-state index in [-0.39, 0.29) is 0 Å². The summed E-state index contributed by atoms with van der Waals surface area (Å²) < 4.78 is 4.97. The van der Waals surface area contributed by atoms with Crippen molar-refractivity contribution in [2.45, 2.75) is 45.6 Å². The molecule has 13 heavy (non-hydrogen) atoms. The number of aliphatic hydroxyl groups is 1. The molecule has 1 aromatic heterocycles. The van der Waals surface area contributed by atoms with Crippen LogP contribution in [0.5, 0.6) is 0 Å². The summed E-state index contributed by atoms with van der Waals surface area (Å²) in [7, 11) is 0. The topological polar surface area (TPSA) is 59.2 Å². The van der Waals surface area contributed by atoms with Gasteiger partial charge in [-0.25, -0.2) is 0 Å². The van der Waals surface area contributed by atoms with Gasteiger partial charge in [-0.1, -0.05) is 25.4 Å². The summed E-state index contributed by atoms with van der Waals surface area (Å²) in [6.45, 7) is 3.99. The molecule has 1 rings (SSSR count). The molecule has 0 aliphatic carbocycles. The van der Waals surface area contributed by atoms with E-state index in [2.05, 4.69) is 17.1 Å². The predicted octanol–water partition coefficient (Wildman–Crippen LogP) is 1.86. The minimum Gasteiger partial charge on any atom is -0.385 e. The highest BCUT2D eigenvalue weighted by Gasteiger charge is 2.12. The van der Waals surface area contributed by atoms with E-state index in [4.69, 9.17) is 4.52 Å². The molecule has 0 spiro atoms. The largest absolute Gasteiger partial charge is 0.385 e. The van der Waals surface area contributed by atoms with E-state index in [1.165, 1.54) is 0 Å². The molecule has 0 aliphatic rings. The summed E-state index contributed by atoms with van der Waals surface area (Å²) in [6.07, 6.45) is 2.99. The summed E-state index contributed by atoms with van der Waals surface area (Å²) in [5.74, 6) is 1.04. The molecule has 1 unspecified atom stereocenters. The van der Waals surface area contributed by atoms with Crippen LogP contribution in [-0.4, -0.2) is 15.2 Å². The van der Waals surface area contributed by atoms with Crippen molar-refractivity contribution < 1.29 is 9.63 Å². The summed E-state index contributed by atoms with van der Waals surface area (Å²) in [5.41, 5.74) is 0. The summed E-state index contributed by atoms with van der Waals surface area (Å²) >= 11 is 0. The molecular formula is C9H16N2O2. The predicted molar refractivity (Wildman–Crippen MR) is 48.2 cm³/mol. The molecular weight excluding hydrogens is 168 g/mol. The van der Waals surface area contributed by atoms with Gasteiger partial charge in [0.15, 0.2) is 5.82 Å². The Labute approximate surface area is 78.0 Å². The monoisotopic (exact) mass is 184 g/mol. The number of nitrogens with zero attached hydrogens (tertiary/aromatic N) is 2. The average Bonchev–Trinajstić information content (AvgIpc) is 2.62. The van der Waals surface area contributed by atoms with Gasteiger partial charge in [0, 0.05) is 6.42 Å². The molecule has 0 fully saturated rings. The van der Waals surface area contributed by atoms with E-state index in [9.17, 15) is 5.11 Å². The second-order valence-electron chi connectivity index (χ2n) is 3.07. The Hall–Kier alpha value is -0.900. The number of hydrogen-bond donors (Lipinski definition) is 1. The Morgan fingerprint density at radius 3 is 2.85 bits per heavy atom. The molecule has 0 saturated heterocycles. The number of hydrogen-bond acceptors (Lipinski definition) is 4. The van der Waals surface area contributed by atoms with Crippen LogP contribution in [0.1, 0.15) is 50.9 Å². The molecule has 0 amide bonds. The van der Waals surface area contributed by atoms with Crippen LogP contribution in [0, 0.1) is 0 Å². The lowest BCUT2D eigenvalue weighted by Gasteiger charge is -1.97. The first-order valence-electron chi connectivity index (χ1n) is 4.78. The highest BCUT2D eigenvalue weighted by atomic mass is 16.5. The number of unbranched alkanes of at least 4 members (excludes halogenated alkanes) is 1. The third-order valence-electron chi connectivity index (χ3n) is 1.91. The molecule has 4 nitrogen and oxygen atoms in total. The van der Waals surface area contributed by atoms with Crippen LogP contribution in [0.25, 0.3) is 0 Å². The SMILES string of the molecule is CCCCc1nc(C(O)CC)no1. The van der Waals surface area contributed by atoms with E-state index >= 15 is 0 Å². The van der Waals surface area contributed by atoms with Gasteiger partial charge in [-0.15, -0.1) is 0 Å². The first-order valence-corrected chi connectivity index (χ1v) is 4.78. The Morgan fingerprint density at radius 2 is 2.23 bits per heavy atom. The van der Waals surface area contributed by atoms with Crippen LogP contribution in [0.2, 0.25) is 0 Å². The van der Waals surface area contributed by atoms with E-state index < -0.39 is 6.10 Å². The molecule has 0 aromatic carbocycles. The number of aromatic nitrogens is 2. The van der Waals surface area contributed by atoms with Gasteiger partial charge in [-0.2, -0.15) is 4.98 Å². The van der Waals surface area contributed by atoms with Gasteiger partial charge in [0.25, 0.3) is 0 Å². The van der Waals surface area contributed by atoms with E-state index in [0.717, 1.165) is 19.3 Å². The number of aryl methyl sites for hydroxylation is 1. The van der Waals surface area contributed by atoms with Crippen LogP contribution in [0.4, 0.5) is 0 Å². The molecule has 0 saturated carbocycles. The average molecular weight is 184 g/mol. The molecule has 74 valence electrons. The molecule has 4 heteroatoms. The van der Waals surface area contributed by atoms with Crippen molar-refractivity contribution in [3.63, 3.8) is 0 Å². The van der Waals surface area contributed by atoms with Crippen LogP contribution in [0.15, 0.2) is 4.52 Å². The molecule has 0 bridgehead atoms. The third kappa shape index (κ3) is 2.81. The summed E-state index contributed by atoms with van der Waals surface area (Å²) in [4.78, 5) is 4.09. The summed E-state index contributed by atoms with van der Waals surface area (Å²) in [5, 5.41) is 13.1. The maximum absolute atomic E-state index is 9.38. The fourth-order valence-electron chi connectivity index (χ4n) is 1.02. The lowest BCUT2D eigenvalue weighted by molar-refractivity contribution is 0.159. The smallest absolute Gasteiger partial charge is 0.226 e. The van der Waals surface area contributed by atoms with Crippen LogP contribution in [0.3, 0.4) is 0 Å². The Bertz CT molecular complexity index is 248. The second kappa shape index (κ2) is 4.97. The molecule has 0 radical (unpaired) electrons. The zero-order chi connectivity index (χ0) is 9.68. The third-order valence-corrected chi connectivity index (χ3v) is 1.91. The quantitative estimate of drug-likeness (QED) is 0.758. The van der Waals surface area contributed by atoms with Crippen molar-refractivity contribution in [1.82, 2.24) is 10.1 Å². The minimum absolute atomic E-state index is 0.411. The first kappa shape index (κ1) is 10.2. The Morgan fingerprint density at radius 1 is 1.46 bits per heavy atom. The number of rotatable bonds is 5. The zero-order valence-electron chi connectivity index (χ0n) is 8.16. The van der Waals surface area contributed by atoms with Crippen LogP contribution in [-0.2, 0) is 6.42 Å². The normalized spacial score (nSPS) is 13.2. The fraction of sp³-hybridized carbons (Fsp3) is 0.778. The summed E-state index contributed by atoms with van der Waals surface area (Å²) in [6, 6.07) is 0. The van der Waals surface area contributed by atoms with Gasteiger partial charge in [0.2, 0.25) is 5.89 Å². The van der Waals surface area contributed by atoms with Crippen molar-refractivity contribution in [3.8, 4) is 0 Å². The van der Waals surface area contributed by atoms with Crippen LogP contribution >= 0.6 is 0 Å². The Kier molecular flexibility index (Phi) is 3.89. The van der Waals surface area contributed by atoms with Crippen molar-refractivity contribution in [2.75, 3.05) is 0 Å². The maximum atomic E-state index is 9.38. The second-order valence-corrected chi connectivity index (χ2v) is 3.07. The molecule has 1 heterocycles. The fourth-order valence-corrected chi connectivity index (χ4v) is 1.02. The van der Waals surface area contributed by atoms with Gasteiger partial charge in [-0.3, -0.25) is 0 Å². The molecule has 1 N–H and O–H groups in total. The zero-order valence-corrected chi connectivity index (χ0v) is 8.16. The molecule has 0 aliphatic heterocycles. The minimum atomic E-state index is -0.584. The van der Waals surface area contributed by atoms with Crippen molar-refractivity contribution >= 4 is 0 Å². The van der Waals surface area contributed by atoms with Crippen molar-refractivity contribution in [3.05, 3.63) is 11.7 Å². The van der Waals surface area contributed by atoms with Gasteiger partial charge < -0.3 is 9.63 Å². The Balaban J connectivity index is 2.53. The lowest BCUT2D eigenvalue weighted by Crippen LogP contribution is -1.97. The van der Waals surface area contributed by atoms with E-state index in [1.54, 1.807) is 0 Å². The molecule has 1 atom stereocenters. The van der Waals surface area contributed by atoms with Gasteiger partial charge in [0.05, 0.1) is 0 Å². The first-order chi connectivity index (χ1) is 6.27. The number of aliphatic hydroxyl groups excluding tert-OH is 1.